The fraction of sp³-hybridized carbons (Fsp3) is 0.944. The second-order valence-electron chi connectivity index (χ2n) is 7.69. The summed E-state index contributed by atoms with van der Waals surface area (Å²) in [5.41, 5.74) is -1.78. The maximum Gasteiger partial charge on any atom is 0.345 e. The Hall–Kier alpha value is -0.500. The van der Waals surface area contributed by atoms with Gasteiger partial charge < -0.3 is 19.3 Å². The Morgan fingerprint density at radius 2 is 1.59 bits per heavy atom. The van der Waals surface area contributed by atoms with Gasteiger partial charge in [-0.05, 0) is 48.2 Å². The molecule has 0 aromatic rings. The predicted molar refractivity (Wildman–Crippen MR) is 109 cm³/mol. The topological polar surface area (TPSA) is 82.6 Å². The number of hydrogen-bond donors (Lipinski definition) is 1. The minimum absolute atomic E-state index is 0.0972. The van der Waals surface area contributed by atoms with E-state index in [-0.39, 0.29) is 5.91 Å². The van der Waals surface area contributed by atoms with Crippen LogP contribution in [-0.4, -0.2) is 90.4 Å². The molecule has 1 rings (SSSR count). The van der Waals surface area contributed by atoms with Crippen LogP contribution in [0.1, 0.15) is 48.0 Å². The van der Waals surface area contributed by atoms with Gasteiger partial charge in [0.2, 0.25) is 0 Å². The first kappa shape index (κ1) is 26.5. The zero-order valence-corrected chi connectivity index (χ0v) is 19.5. The molecular weight excluding hydrogens is 369 g/mol. The lowest BCUT2D eigenvalue weighted by molar-refractivity contribution is -0.157. The number of piperazine rings is 1. The molecule has 0 aliphatic carbocycles. The molecule has 1 N–H and O–H groups in total. The lowest BCUT2D eigenvalue weighted by atomic mass is 10.0. The van der Waals surface area contributed by atoms with Crippen LogP contribution in [0.3, 0.4) is 0 Å². The summed E-state index contributed by atoms with van der Waals surface area (Å²) < 4.78 is 27.2. The molecule has 0 radical (unpaired) electrons. The predicted octanol–water partition coefficient (Wildman–Crippen LogP) is 2.43. The van der Waals surface area contributed by atoms with Gasteiger partial charge in [-0.15, -0.1) is 0 Å². The lowest BCUT2D eigenvalue weighted by Crippen LogP contribution is -2.54. The van der Waals surface area contributed by atoms with E-state index >= 15 is 0 Å². The van der Waals surface area contributed by atoms with E-state index < -0.39 is 18.9 Å². The van der Waals surface area contributed by atoms with Crippen molar-refractivity contribution in [3.63, 3.8) is 0 Å². The van der Waals surface area contributed by atoms with Crippen molar-refractivity contribution >= 4 is 13.6 Å². The number of carbonyl (C=O) groups excluding carboxylic acids is 1. The summed E-state index contributed by atoms with van der Waals surface area (Å²) in [7, 11) is 1.88. The molecule has 0 aromatic heterocycles. The second-order valence-corrected chi connectivity index (χ2v) is 10.4. The van der Waals surface area contributed by atoms with E-state index in [1.165, 1.54) is 7.11 Å². The second kappa shape index (κ2) is 10.9. The van der Waals surface area contributed by atoms with E-state index in [9.17, 15) is 14.5 Å². The van der Waals surface area contributed by atoms with E-state index in [2.05, 4.69) is 0 Å². The van der Waals surface area contributed by atoms with Crippen LogP contribution in [0.5, 0.6) is 0 Å². The number of amides is 1. The molecule has 27 heavy (non-hydrogen) atoms. The van der Waals surface area contributed by atoms with Crippen LogP contribution in [0.4, 0.5) is 0 Å². The van der Waals surface area contributed by atoms with Crippen LogP contribution in [0.25, 0.3) is 0 Å². The Morgan fingerprint density at radius 3 is 1.96 bits per heavy atom. The van der Waals surface area contributed by atoms with Crippen molar-refractivity contribution in [3.8, 4) is 0 Å². The molecule has 162 valence electrons. The average Bonchev–Trinajstić information content (AvgIpc) is 2.60. The standard InChI is InChI=1S/C16H34N3O5P.C2H6/c1-15(2,21)8-13-24-16(3,4)14(20)18-9-11-19(12-10-18)25(22,23-7)17(5)6;1-2/h21H,8-13H2,1-7H3;1-2H3. The summed E-state index contributed by atoms with van der Waals surface area (Å²) in [5, 5.41) is 9.75. The summed E-state index contributed by atoms with van der Waals surface area (Å²) in [6.07, 6.45) is 0.456. The Balaban J connectivity index is 0.00000326. The summed E-state index contributed by atoms with van der Waals surface area (Å²) in [6.45, 7) is 13.1. The van der Waals surface area contributed by atoms with Gasteiger partial charge in [0.1, 0.15) is 5.60 Å². The van der Waals surface area contributed by atoms with E-state index in [1.807, 2.05) is 13.8 Å². The molecule has 1 saturated heterocycles. The zero-order chi connectivity index (χ0) is 21.5. The Kier molecular flexibility index (Phi) is 10.7. The highest BCUT2D eigenvalue weighted by atomic mass is 31.2. The monoisotopic (exact) mass is 409 g/mol. The zero-order valence-electron chi connectivity index (χ0n) is 18.6. The van der Waals surface area contributed by atoms with Crippen molar-refractivity contribution in [2.45, 2.75) is 59.2 Å². The highest BCUT2D eigenvalue weighted by Crippen LogP contribution is 2.51. The highest BCUT2D eigenvalue weighted by Gasteiger charge is 2.39. The molecule has 0 aromatic carbocycles. The Morgan fingerprint density at radius 1 is 1.11 bits per heavy atom. The summed E-state index contributed by atoms with van der Waals surface area (Å²) in [6, 6.07) is 0. The van der Waals surface area contributed by atoms with Gasteiger partial charge in [-0.2, -0.15) is 0 Å². The van der Waals surface area contributed by atoms with Gasteiger partial charge in [0.05, 0.1) is 12.2 Å². The first-order chi connectivity index (χ1) is 12.3. The van der Waals surface area contributed by atoms with Crippen molar-refractivity contribution in [1.82, 2.24) is 14.2 Å². The highest BCUT2D eigenvalue weighted by molar-refractivity contribution is 7.53. The summed E-state index contributed by atoms with van der Waals surface area (Å²) in [4.78, 5) is 14.5. The number of aliphatic hydroxyl groups is 1. The molecule has 1 fully saturated rings. The van der Waals surface area contributed by atoms with E-state index in [0.29, 0.717) is 39.2 Å². The van der Waals surface area contributed by atoms with Gasteiger partial charge in [0, 0.05) is 33.3 Å². The maximum absolute atomic E-state index is 12.8. The largest absolute Gasteiger partial charge is 0.390 e. The molecule has 9 heteroatoms. The fourth-order valence-corrected chi connectivity index (χ4v) is 4.43. The van der Waals surface area contributed by atoms with Crippen LogP contribution < -0.4 is 0 Å². The van der Waals surface area contributed by atoms with Gasteiger partial charge in [-0.3, -0.25) is 9.36 Å². The lowest BCUT2D eigenvalue weighted by Gasteiger charge is -2.41. The van der Waals surface area contributed by atoms with E-state index in [0.717, 1.165) is 0 Å². The molecule has 1 aliphatic rings. The third-order valence-electron chi connectivity index (χ3n) is 4.34. The minimum Gasteiger partial charge on any atom is -0.390 e. The van der Waals surface area contributed by atoms with E-state index in [1.54, 1.807) is 56.0 Å². The number of nitrogens with zero attached hydrogens (tertiary/aromatic N) is 3. The van der Waals surface area contributed by atoms with Crippen molar-refractivity contribution in [2.24, 2.45) is 0 Å². The third kappa shape index (κ3) is 7.80. The quantitative estimate of drug-likeness (QED) is 0.617. The van der Waals surface area contributed by atoms with Gasteiger partial charge in [-0.25, -0.2) is 9.34 Å². The van der Waals surface area contributed by atoms with Gasteiger partial charge in [0.25, 0.3) is 5.91 Å². The molecule has 1 atom stereocenters. The first-order valence-electron chi connectivity index (χ1n) is 9.58. The van der Waals surface area contributed by atoms with Gasteiger partial charge in [0.15, 0.2) is 0 Å². The molecule has 0 saturated carbocycles. The summed E-state index contributed by atoms with van der Waals surface area (Å²) in [5.74, 6) is -0.0972. The van der Waals surface area contributed by atoms with Gasteiger partial charge in [-0.1, -0.05) is 13.8 Å². The number of rotatable bonds is 8. The van der Waals surface area contributed by atoms with Crippen LogP contribution >= 0.6 is 7.67 Å². The van der Waals surface area contributed by atoms with Gasteiger partial charge >= 0.3 is 7.67 Å². The van der Waals surface area contributed by atoms with Crippen molar-refractivity contribution in [1.29, 1.82) is 0 Å². The molecule has 1 unspecified atom stereocenters. The van der Waals surface area contributed by atoms with Crippen LogP contribution in [0.15, 0.2) is 0 Å². The van der Waals surface area contributed by atoms with E-state index in [4.69, 9.17) is 9.26 Å². The maximum atomic E-state index is 12.8. The van der Waals surface area contributed by atoms with Crippen LogP contribution in [0, 0.1) is 0 Å². The number of hydrogen-bond acceptors (Lipinski definition) is 5. The molecule has 1 aliphatic heterocycles. The number of carbonyl (C=O) groups is 1. The first-order valence-corrected chi connectivity index (χ1v) is 11.1. The molecule has 0 spiro atoms. The Bertz CT molecular complexity index is 498. The van der Waals surface area contributed by atoms with Crippen LogP contribution in [0.2, 0.25) is 0 Å². The molecule has 1 heterocycles. The third-order valence-corrected chi connectivity index (χ3v) is 6.94. The molecule has 8 nitrogen and oxygen atoms in total. The smallest absolute Gasteiger partial charge is 0.345 e. The van der Waals surface area contributed by atoms with Crippen LogP contribution in [-0.2, 0) is 18.6 Å². The normalized spacial score (nSPS) is 18.7. The fourth-order valence-electron chi connectivity index (χ4n) is 2.68. The molecular formula is C18H40N3O5P. The number of ether oxygens (including phenoxy) is 1. The molecule has 0 bridgehead atoms. The molecule has 1 amide bonds. The Labute approximate surface area is 165 Å². The van der Waals surface area contributed by atoms with Crippen molar-refractivity contribution in [2.75, 3.05) is 54.0 Å². The van der Waals surface area contributed by atoms with Crippen molar-refractivity contribution < 1.29 is 23.7 Å². The van der Waals surface area contributed by atoms with Crippen molar-refractivity contribution in [3.05, 3.63) is 0 Å². The minimum atomic E-state index is -3.01. The SMILES string of the molecule is CC.COP(=O)(N(C)C)N1CCN(C(=O)C(C)(C)OCCC(C)(C)O)CC1. The average molecular weight is 410 g/mol. The summed E-state index contributed by atoms with van der Waals surface area (Å²) >= 11 is 0.